The normalized spacial score (nSPS) is 17.9. The van der Waals surface area contributed by atoms with Gasteiger partial charge in [-0.05, 0) is 57.9 Å². The van der Waals surface area contributed by atoms with Crippen molar-refractivity contribution < 1.29 is 24.2 Å². The number of carboxylic acids is 1. The van der Waals surface area contributed by atoms with Crippen molar-refractivity contribution in [3.63, 3.8) is 0 Å². The van der Waals surface area contributed by atoms with Crippen LogP contribution in [0.5, 0.6) is 11.5 Å². The maximum absolute atomic E-state index is 13.3. The van der Waals surface area contributed by atoms with E-state index in [0.29, 0.717) is 24.6 Å². The van der Waals surface area contributed by atoms with Crippen LogP contribution in [0.25, 0.3) is 0 Å². The molecule has 1 atom stereocenters. The third-order valence-corrected chi connectivity index (χ3v) is 5.63. The number of likely N-dealkylation sites (tertiary alicyclic amines) is 1. The van der Waals surface area contributed by atoms with Gasteiger partial charge in [-0.1, -0.05) is 6.07 Å². The van der Waals surface area contributed by atoms with Gasteiger partial charge in [0.2, 0.25) is 5.91 Å². The van der Waals surface area contributed by atoms with E-state index in [1.165, 1.54) is 0 Å². The molecule has 7 nitrogen and oxygen atoms in total. The van der Waals surface area contributed by atoms with Gasteiger partial charge in [-0.15, -0.1) is 0 Å². The van der Waals surface area contributed by atoms with E-state index in [1.54, 1.807) is 14.2 Å². The minimum atomic E-state index is -0.825. The van der Waals surface area contributed by atoms with Gasteiger partial charge in [0.15, 0.2) is 11.5 Å². The highest BCUT2D eigenvalue weighted by Crippen LogP contribution is 2.34. The molecule has 0 aliphatic carbocycles. The van der Waals surface area contributed by atoms with Crippen molar-refractivity contribution in [3.05, 3.63) is 23.8 Å². The second kappa shape index (κ2) is 9.28. The molecule has 156 valence electrons. The summed E-state index contributed by atoms with van der Waals surface area (Å²) in [5.74, 6) is 0.483. The van der Waals surface area contributed by atoms with E-state index in [0.717, 1.165) is 24.8 Å². The number of amides is 1. The standard InChI is InChI=1S/C21H32N2O5/c1-21(2,15-8-9-17(27-4)18(13-15)28-5)20(26)23-11-6-7-16(10-12-23)22(3)14-19(24)25/h8-9,13,16H,6-7,10-12,14H2,1-5H3,(H,24,25). The number of hydrogen-bond acceptors (Lipinski definition) is 5. The minimum Gasteiger partial charge on any atom is -0.493 e. The molecule has 0 radical (unpaired) electrons. The molecule has 28 heavy (non-hydrogen) atoms. The van der Waals surface area contributed by atoms with Crippen LogP contribution in [0.3, 0.4) is 0 Å². The average molecular weight is 392 g/mol. The van der Waals surface area contributed by atoms with Crippen LogP contribution < -0.4 is 9.47 Å². The van der Waals surface area contributed by atoms with Crippen LogP contribution in [0, 0.1) is 0 Å². The highest BCUT2D eigenvalue weighted by atomic mass is 16.5. The van der Waals surface area contributed by atoms with Crippen LogP contribution in [-0.4, -0.2) is 73.7 Å². The molecule has 1 fully saturated rings. The number of ether oxygens (including phenoxy) is 2. The number of nitrogens with zero attached hydrogens (tertiary/aromatic N) is 2. The molecule has 0 bridgehead atoms. The van der Waals surface area contributed by atoms with Gasteiger partial charge >= 0.3 is 5.97 Å². The first-order valence-electron chi connectivity index (χ1n) is 9.64. The second-order valence-corrected chi connectivity index (χ2v) is 7.88. The van der Waals surface area contributed by atoms with Crippen molar-refractivity contribution in [1.29, 1.82) is 0 Å². The van der Waals surface area contributed by atoms with Gasteiger partial charge in [-0.3, -0.25) is 14.5 Å². The lowest BCUT2D eigenvalue weighted by Crippen LogP contribution is -2.44. The van der Waals surface area contributed by atoms with E-state index in [1.807, 2.05) is 48.9 Å². The quantitative estimate of drug-likeness (QED) is 0.768. The zero-order valence-corrected chi connectivity index (χ0v) is 17.5. The van der Waals surface area contributed by atoms with Crippen molar-refractivity contribution >= 4 is 11.9 Å². The lowest BCUT2D eigenvalue weighted by Gasteiger charge is -2.32. The van der Waals surface area contributed by atoms with Crippen LogP contribution in [-0.2, 0) is 15.0 Å². The molecule has 1 heterocycles. The number of carboxylic acid groups (broad SMARTS) is 1. The zero-order valence-electron chi connectivity index (χ0n) is 17.5. The Morgan fingerprint density at radius 2 is 1.86 bits per heavy atom. The van der Waals surface area contributed by atoms with Crippen molar-refractivity contribution in [2.45, 2.75) is 44.6 Å². The maximum atomic E-state index is 13.3. The number of carbonyl (C=O) groups is 2. The highest BCUT2D eigenvalue weighted by Gasteiger charge is 2.35. The van der Waals surface area contributed by atoms with E-state index >= 15 is 0 Å². The number of rotatable bonds is 7. The molecule has 1 saturated heterocycles. The first-order valence-corrected chi connectivity index (χ1v) is 9.64. The Morgan fingerprint density at radius 1 is 1.18 bits per heavy atom. The Kier molecular flexibility index (Phi) is 7.29. The van der Waals surface area contributed by atoms with Crippen molar-refractivity contribution in [2.75, 3.05) is 40.9 Å². The van der Waals surface area contributed by atoms with Crippen LogP contribution in [0.2, 0.25) is 0 Å². The Bertz CT molecular complexity index is 704. The van der Waals surface area contributed by atoms with Crippen molar-refractivity contribution in [2.24, 2.45) is 0 Å². The van der Waals surface area contributed by atoms with Gasteiger partial charge in [0, 0.05) is 19.1 Å². The first kappa shape index (κ1) is 22.0. The summed E-state index contributed by atoms with van der Waals surface area (Å²) in [7, 11) is 5.01. The molecule has 2 rings (SSSR count). The number of methoxy groups -OCH3 is 2. The van der Waals surface area contributed by atoms with Gasteiger partial charge in [0.25, 0.3) is 0 Å². The predicted molar refractivity (Wildman–Crippen MR) is 107 cm³/mol. The zero-order chi connectivity index (χ0) is 20.9. The highest BCUT2D eigenvalue weighted by molar-refractivity contribution is 5.87. The van der Waals surface area contributed by atoms with Gasteiger partial charge < -0.3 is 19.5 Å². The summed E-state index contributed by atoms with van der Waals surface area (Å²) in [6.45, 7) is 5.19. The summed E-state index contributed by atoms with van der Waals surface area (Å²) in [6, 6.07) is 5.76. The third kappa shape index (κ3) is 4.95. The number of carbonyl (C=O) groups excluding carboxylic acids is 1. The smallest absolute Gasteiger partial charge is 0.317 e. The maximum Gasteiger partial charge on any atom is 0.317 e. The van der Waals surface area contributed by atoms with Crippen LogP contribution in [0.15, 0.2) is 18.2 Å². The summed E-state index contributed by atoms with van der Waals surface area (Å²) in [5, 5.41) is 9.01. The molecule has 0 aromatic heterocycles. The van der Waals surface area contributed by atoms with E-state index < -0.39 is 11.4 Å². The summed E-state index contributed by atoms with van der Waals surface area (Å²) < 4.78 is 10.7. The van der Waals surface area contributed by atoms with Gasteiger partial charge in [0.05, 0.1) is 26.2 Å². The fourth-order valence-corrected chi connectivity index (χ4v) is 3.81. The summed E-state index contributed by atoms with van der Waals surface area (Å²) in [4.78, 5) is 28.1. The molecule has 7 heteroatoms. The van der Waals surface area contributed by atoms with Crippen molar-refractivity contribution in [1.82, 2.24) is 9.80 Å². The first-order chi connectivity index (χ1) is 13.2. The Morgan fingerprint density at radius 3 is 2.46 bits per heavy atom. The van der Waals surface area contributed by atoms with Crippen LogP contribution in [0.4, 0.5) is 0 Å². The molecule has 1 aliphatic rings. The predicted octanol–water partition coefficient (Wildman–Crippen LogP) is 2.38. The fraction of sp³-hybridized carbons (Fsp3) is 0.619. The lowest BCUT2D eigenvalue weighted by atomic mass is 9.83. The molecule has 1 N–H and O–H groups in total. The number of aliphatic carboxylic acids is 1. The molecular weight excluding hydrogens is 360 g/mol. The Labute approximate surface area is 167 Å². The van der Waals surface area contributed by atoms with E-state index in [9.17, 15) is 9.59 Å². The average Bonchev–Trinajstić information content (AvgIpc) is 2.92. The number of hydrogen-bond donors (Lipinski definition) is 1. The van der Waals surface area contributed by atoms with E-state index in [-0.39, 0.29) is 18.5 Å². The van der Waals surface area contributed by atoms with Crippen molar-refractivity contribution in [3.8, 4) is 11.5 Å². The van der Waals surface area contributed by atoms with Crippen LogP contribution >= 0.6 is 0 Å². The molecule has 0 saturated carbocycles. The third-order valence-electron chi connectivity index (χ3n) is 5.63. The molecule has 1 aromatic carbocycles. The van der Waals surface area contributed by atoms with Gasteiger partial charge in [-0.2, -0.15) is 0 Å². The summed E-state index contributed by atoms with van der Waals surface area (Å²) in [6.07, 6.45) is 2.53. The Hall–Kier alpha value is -2.28. The topological polar surface area (TPSA) is 79.3 Å². The lowest BCUT2D eigenvalue weighted by molar-refractivity contribution is -0.139. The molecule has 1 amide bonds. The molecule has 1 aliphatic heterocycles. The molecule has 1 aromatic rings. The minimum absolute atomic E-state index is 0.0236. The van der Waals surface area contributed by atoms with Gasteiger partial charge in [0.1, 0.15) is 0 Å². The second-order valence-electron chi connectivity index (χ2n) is 7.88. The van der Waals surface area contributed by atoms with Gasteiger partial charge in [-0.25, -0.2) is 0 Å². The molecule has 1 unspecified atom stereocenters. The summed E-state index contributed by atoms with van der Waals surface area (Å²) in [5.41, 5.74) is 0.172. The van der Waals surface area contributed by atoms with E-state index in [4.69, 9.17) is 14.6 Å². The number of benzene rings is 1. The number of likely N-dealkylation sites (N-methyl/N-ethyl adjacent to an activating group) is 1. The Balaban J connectivity index is 2.12. The monoisotopic (exact) mass is 392 g/mol. The summed E-state index contributed by atoms with van der Waals surface area (Å²) >= 11 is 0. The van der Waals surface area contributed by atoms with E-state index in [2.05, 4.69) is 0 Å². The fourth-order valence-electron chi connectivity index (χ4n) is 3.81. The van der Waals surface area contributed by atoms with Crippen LogP contribution in [0.1, 0.15) is 38.7 Å². The largest absolute Gasteiger partial charge is 0.493 e. The SMILES string of the molecule is COc1ccc(C(C)(C)C(=O)N2CCCC(N(C)CC(=O)O)CC2)cc1OC. The molecular formula is C21H32N2O5. The molecule has 0 spiro atoms.